The van der Waals surface area contributed by atoms with Gasteiger partial charge in [0.25, 0.3) is 0 Å². The number of nitriles is 1. The first-order valence-electron chi connectivity index (χ1n) is 17.6. The molecule has 9 heteroatoms. The highest BCUT2D eigenvalue weighted by Gasteiger charge is 2.64. The maximum absolute atomic E-state index is 14.2. The van der Waals surface area contributed by atoms with E-state index in [0.717, 1.165) is 77.2 Å². The molecular formula is C36H58N4O5. The van der Waals surface area contributed by atoms with Crippen LogP contribution in [0.15, 0.2) is 0 Å². The summed E-state index contributed by atoms with van der Waals surface area (Å²) in [5.74, 6) is -3.43. The number of carbonyl (C=O) groups is 2. The zero-order valence-electron chi connectivity index (χ0n) is 29.0. The van der Waals surface area contributed by atoms with Crippen LogP contribution in [0, 0.1) is 51.8 Å². The highest BCUT2D eigenvalue weighted by molar-refractivity contribution is 5.86. The fourth-order valence-corrected chi connectivity index (χ4v) is 9.10. The zero-order chi connectivity index (χ0) is 33.2. The molecule has 1 aromatic rings. The van der Waals surface area contributed by atoms with Crippen LogP contribution in [-0.2, 0) is 19.1 Å². The number of unbranched alkanes of at least 4 members (excludes halogenated alkanes) is 1. The molecule has 1 aliphatic heterocycles. The molecular weight excluding hydrogens is 568 g/mol. The summed E-state index contributed by atoms with van der Waals surface area (Å²) in [6.07, 6.45) is 10.7. The number of H-pyrrole nitrogens is 1. The molecule has 9 nitrogen and oxygen atoms in total. The molecule has 2 saturated carbocycles. The van der Waals surface area contributed by atoms with E-state index in [2.05, 4.69) is 65.6 Å². The highest BCUT2D eigenvalue weighted by atomic mass is 16.5. The fraction of sp³-hybridized carbons (Fsp3) is 0.861. The summed E-state index contributed by atoms with van der Waals surface area (Å²) >= 11 is 0. The quantitative estimate of drug-likeness (QED) is 0.224. The number of aliphatic carboxylic acids is 1. The minimum absolute atomic E-state index is 0.0246. The second-order valence-corrected chi connectivity index (χ2v) is 16.1. The average Bonchev–Trinajstić information content (AvgIpc) is 3.45. The smallest absolute Gasteiger partial charge is 0.322 e. The molecule has 9 atom stereocenters. The average molecular weight is 627 g/mol. The minimum atomic E-state index is -1.67. The number of hydrogen-bond donors (Lipinski definition) is 2. The molecule has 9 unspecified atom stereocenters. The lowest BCUT2D eigenvalue weighted by Gasteiger charge is -2.63. The normalized spacial score (nSPS) is 33.3. The Kier molecular flexibility index (Phi) is 11.1. The number of carboxylic acid groups (broad SMARTS) is 1. The number of ether oxygens (including phenoxy) is 2. The topological polar surface area (TPSA) is 138 Å². The van der Waals surface area contributed by atoms with E-state index >= 15 is 0 Å². The molecule has 2 heterocycles. The van der Waals surface area contributed by atoms with E-state index in [-0.39, 0.29) is 46.1 Å². The van der Waals surface area contributed by atoms with E-state index in [1.54, 1.807) is 0 Å². The van der Waals surface area contributed by atoms with Crippen molar-refractivity contribution < 1.29 is 24.2 Å². The molecule has 1 aromatic heterocycles. The van der Waals surface area contributed by atoms with Crippen LogP contribution in [0.2, 0.25) is 0 Å². The van der Waals surface area contributed by atoms with Crippen molar-refractivity contribution in [2.75, 3.05) is 6.61 Å². The molecule has 4 rings (SSSR count). The van der Waals surface area contributed by atoms with Crippen LogP contribution in [0.25, 0.3) is 0 Å². The monoisotopic (exact) mass is 626 g/mol. The molecule has 45 heavy (non-hydrogen) atoms. The molecule has 0 bridgehead atoms. The van der Waals surface area contributed by atoms with Crippen molar-refractivity contribution in [3.63, 3.8) is 0 Å². The molecule has 1 saturated heterocycles. The zero-order valence-corrected chi connectivity index (χ0v) is 29.0. The fourth-order valence-electron chi connectivity index (χ4n) is 9.10. The molecule has 252 valence electrons. The van der Waals surface area contributed by atoms with Crippen LogP contribution in [0.3, 0.4) is 0 Å². The number of nitrogens with zero attached hydrogens (tertiary/aromatic N) is 3. The summed E-state index contributed by atoms with van der Waals surface area (Å²) in [5.41, 5.74) is -0.418. The van der Waals surface area contributed by atoms with Gasteiger partial charge in [0.2, 0.25) is 0 Å². The maximum Gasteiger partial charge on any atom is 0.322 e. The van der Waals surface area contributed by atoms with E-state index < -0.39 is 23.8 Å². The lowest BCUT2D eigenvalue weighted by Crippen LogP contribution is -2.66. The summed E-state index contributed by atoms with van der Waals surface area (Å²) in [6.45, 7) is 18.3. The molecule has 0 aromatic carbocycles. The Morgan fingerprint density at radius 1 is 1.22 bits per heavy atom. The standard InChI is InChI=1S/C36H58N4O5/c1-9-11-15-35(10-2)21-44-36(35)16-13-12-14-26(36)30-38-31(40-39-30)28(25(20-37)32(41)42)33(43)45-29-24(17-22(3)4)18-23(5)19-27(29)34(6,7)8/h22-29H,9-19,21H2,1-8H3,(H,41,42)(H,38,39,40). The van der Waals surface area contributed by atoms with Gasteiger partial charge in [0.05, 0.1) is 18.3 Å². The molecule has 2 N–H and O–H groups in total. The summed E-state index contributed by atoms with van der Waals surface area (Å²) in [6, 6.07) is 1.86. The van der Waals surface area contributed by atoms with Crippen molar-refractivity contribution in [2.24, 2.45) is 40.4 Å². The number of carboxylic acids is 1. The van der Waals surface area contributed by atoms with Gasteiger partial charge >= 0.3 is 11.9 Å². The minimum Gasteiger partial charge on any atom is -0.480 e. The number of nitrogens with one attached hydrogen (secondary N) is 1. The summed E-state index contributed by atoms with van der Waals surface area (Å²) in [4.78, 5) is 31.4. The Morgan fingerprint density at radius 2 is 1.96 bits per heavy atom. The van der Waals surface area contributed by atoms with Crippen molar-refractivity contribution in [3.8, 4) is 6.07 Å². The van der Waals surface area contributed by atoms with Crippen LogP contribution in [-0.4, -0.2) is 50.5 Å². The molecule has 0 amide bonds. The van der Waals surface area contributed by atoms with Crippen LogP contribution < -0.4 is 0 Å². The van der Waals surface area contributed by atoms with E-state index in [1.807, 2.05) is 6.07 Å². The second-order valence-electron chi connectivity index (χ2n) is 16.1. The van der Waals surface area contributed by atoms with Gasteiger partial charge in [-0.3, -0.25) is 14.7 Å². The van der Waals surface area contributed by atoms with Crippen LogP contribution in [0.4, 0.5) is 0 Å². The number of hydrogen-bond acceptors (Lipinski definition) is 7. The Bertz CT molecular complexity index is 1210. The third-order valence-electron chi connectivity index (χ3n) is 11.5. The Morgan fingerprint density at radius 3 is 2.51 bits per heavy atom. The number of aromatic nitrogens is 3. The van der Waals surface area contributed by atoms with Crippen LogP contribution in [0.5, 0.6) is 0 Å². The van der Waals surface area contributed by atoms with E-state index in [4.69, 9.17) is 14.5 Å². The van der Waals surface area contributed by atoms with Gasteiger partial charge in [0.15, 0.2) is 11.7 Å². The molecule has 3 fully saturated rings. The molecule has 2 aliphatic carbocycles. The van der Waals surface area contributed by atoms with Gasteiger partial charge in [-0.15, -0.1) is 0 Å². The van der Waals surface area contributed by atoms with Gasteiger partial charge in [-0.2, -0.15) is 10.4 Å². The number of aromatic amines is 1. The highest BCUT2D eigenvalue weighted by Crippen LogP contribution is 2.62. The van der Waals surface area contributed by atoms with Crippen molar-refractivity contribution in [1.82, 2.24) is 15.2 Å². The first-order valence-corrected chi connectivity index (χ1v) is 17.6. The first kappa shape index (κ1) is 35.4. The Labute approximate surface area is 270 Å². The third-order valence-corrected chi connectivity index (χ3v) is 11.5. The largest absolute Gasteiger partial charge is 0.480 e. The van der Waals surface area contributed by atoms with Crippen LogP contribution >= 0.6 is 0 Å². The number of esters is 1. The van der Waals surface area contributed by atoms with Crippen LogP contribution in [0.1, 0.15) is 150 Å². The third kappa shape index (κ3) is 6.96. The van der Waals surface area contributed by atoms with Gasteiger partial charge in [-0.1, -0.05) is 81.1 Å². The molecule has 0 radical (unpaired) electrons. The maximum atomic E-state index is 14.2. The lowest BCUT2D eigenvalue weighted by atomic mass is 9.54. The summed E-state index contributed by atoms with van der Waals surface area (Å²) < 4.78 is 12.9. The van der Waals surface area contributed by atoms with Gasteiger partial charge in [0, 0.05) is 17.3 Å². The Hall–Kier alpha value is -2.47. The second kappa shape index (κ2) is 14.1. The van der Waals surface area contributed by atoms with E-state index in [0.29, 0.717) is 17.7 Å². The SMILES string of the molecule is CCCCC1(CC)COC12CCCCC2c1nc(C(C(=O)OC2C(CC(C)C)CC(C)CC2C(C)(C)C)C(C#N)C(=O)O)n[nH]1. The molecule has 3 aliphatic rings. The van der Waals surface area contributed by atoms with E-state index in [9.17, 15) is 20.0 Å². The van der Waals surface area contributed by atoms with Gasteiger partial charge in [-0.05, 0) is 68.1 Å². The first-order chi connectivity index (χ1) is 21.2. The van der Waals surface area contributed by atoms with Crippen molar-refractivity contribution in [1.29, 1.82) is 5.26 Å². The predicted octanol–water partition coefficient (Wildman–Crippen LogP) is 7.79. The summed E-state index contributed by atoms with van der Waals surface area (Å²) in [7, 11) is 0. The molecule has 1 spiro atoms. The number of rotatable bonds is 12. The van der Waals surface area contributed by atoms with Gasteiger partial charge in [-0.25, -0.2) is 4.98 Å². The summed E-state index contributed by atoms with van der Waals surface area (Å²) in [5, 5.41) is 27.7. The van der Waals surface area contributed by atoms with Crippen molar-refractivity contribution >= 4 is 11.9 Å². The van der Waals surface area contributed by atoms with E-state index in [1.165, 1.54) is 0 Å². The number of carbonyl (C=O) groups excluding carboxylic acids is 1. The predicted molar refractivity (Wildman–Crippen MR) is 172 cm³/mol. The lowest BCUT2D eigenvalue weighted by molar-refractivity contribution is -0.295. The van der Waals surface area contributed by atoms with Crippen molar-refractivity contribution in [3.05, 3.63) is 11.6 Å². The Balaban J connectivity index is 1.69. The van der Waals surface area contributed by atoms with Gasteiger partial charge in [0.1, 0.15) is 17.8 Å². The van der Waals surface area contributed by atoms with Gasteiger partial charge < -0.3 is 14.6 Å². The van der Waals surface area contributed by atoms with Crippen molar-refractivity contribution in [2.45, 2.75) is 150 Å².